The van der Waals surface area contributed by atoms with Gasteiger partial charge < -0.3 is 15.2 Å². The van der Waals surface area contributed by atoms with Gasteiger partial charge in [0.25, 0.3) is 0 Å². The Morgan fingerprint density at radius 3 is 3.00 bits per heavy atom. The third-order valence-electron chi connectivity index (χ3n) is 5.07. The highest BCUT2D eigenvalue weighted by molar-refractivity contribution is 7.10. The largest absolute Gasteiger partial charge is 0.321 e. The first-order valence-electron chi connectivity index (χ1n) is 9.20. The summed E-state index contributed by atoms with van der Waals surface area (Å²) in [6.45, 7) is 0.127. The summed E-state index contributed by atoms with van der Waals surface area (Å²) >= 11 is 1.59. The number of aromatic nitrogens is 4. The molecule has 2 N–H and O–H groups in total. The molecule has 4 aromatic rings. The van der Waals surface area contributed by atoms with Crippen LogP contribution in [0, 0.1) is 0 Å². The first-order valence-corrected chi connectivity index (χ1v) is 10.1. The van der Waals surface area contributed by atoms with Gasteiger partial charge in [0.1, 0.15) is 12.4 Å². The maximum Gasteiger partial charge on any atom is 0.245 e. The van der Waals surface area contributed by atoms with E-state index in [1.807, 2.05) is 41.8 Å². The second kappa shape index (κ2) is 6.85. The summed E-state index contributed by atoms with van der Waals surface area (Å²) in [5.41, 5.74) is 2.59. The Hall–Kier alpha value is -3.46. The topological polar surface area (TPSA) is 93.8 Å². The molecule has 0 saturated carbocycles. The van der Waals surface area contributed by atoms with Crippen molar-refractivity contribution < 1.29 is 9.59 Å². The lowest BCUT2D eigenvalue weighted by atomic mass is 9.92. The van der Waals surface area contributed by atoms with Crippen LogP contribution in [0.5, 0.6) is 0 Å². The molecule has 9 heteroatoms. The summed E-state index contributed by atoms with van der Waals surface area (Å²) in [4.78, 5) is 30.4. The number of aryl methyl sites for hydroxylation is 1. The minimum absolute atomic E-state index is 0.0540. The molecule has 1 aliphatic rings. The van der Waals surface area contributed by atoms with Gasteiger partial charge in [0, 0.05) is 29.8 Å². The summed E-state index contributed by atoms with van der Waals surface area (Å²) in [7, 11) is 1.76. The molecule has 29 heavy (non-hydrogen) atoms. The smallest absolute Gasteiger partial charge is 0.245 e. The van der Waals surface area contributed by atoms with E-state index in [1.165, 1.54) is 0 Å². The summed E-state index contributed by atoms with van der Waals surface area (Å²) in [6.07, 6.45) is 1.99. The average molecular weight is 406 g/mol. The number of carbonyl (C=O) groups excluding carboxylic acids is 2. The molecule has 2 amide bonds. The van der Waals surface area contributed by atoms with E-state index in [2.05, 4.69) is 20.7 Å². The number of carbonyl (C=O) groups is 2. The van der Waals surface area contributed by atoms with Gasteiger partial charge in [-0.1, -0.05) is 18.2 Å². The summed E-state index contributed by atoms with van der Waals surface area (Å²) in [5.74, 6) is 0.729. The quantitative estimate of drug-likeness (QED) is 0.545. The summed E-state index contributed by atoms with van der Waals surface area (Å²) in [6, 6.07) is 11.6. The van der Waals surface area contributed by atoms with Crippen molar-refractivity contribution in [2.45, 2.75) is 18.9 Å². The van der Waals surface area contributed by atoms with Crippen molar-refractivity contribution in [3.8, 4) is 0 Å². The third kappa shape index (κ3) is 3.09. The highest BCUT2D eigenvalue weighted by atomic mass is 32.1. The number of rotatable bonds is 4. The Bertz CT molecular complexity index is 1220. The Morgan fingerprint density at radius 2 is 2.17 bits per heavy atom. The molecule has 1 unspecified atom stereocenters. The maximum atomic E-state index is 12.8. The van der Waals surface area contributed by atoms with Gasteiger partial charge in [-0.15, -0.1) is 11.3 Å². The first-order chi connectivity index (χ1) is 14.1. The Balaban J connectivity index is 1.45. The van der Waals surface area contributed by atoms with Crippen molar-refractivity contribution in [2.75, 3.05) is 10.6 Å². The van der Waals surface area contributed by atoms with Crippen LogP contribution in [0.4, 0.5) is 11.6 Å². The molecule has 0 radical (unpaired) electrons. The van der Waals surface area contributed by atoms with Crippen LogP contribution in [-0.2, 0) is 23.2 Å². The van der Waals surface area contributed by atoms with Crippen LogP contribution in [0.1, 0.15) is 22.8 Å². The lowest BCUT2D eigenvalue weighted by Gasteiger charge is -2.23. The molecule has 0 fully saturated rings. The van der Waals surface area contributed by atoms with E-state index in [9.17, 15) is 9.59 Å². The number of fused-ring (bicyclic) bond motifs is 2. The van der Waals surface area contributed by atoms with E-state index >= 15 is 0 Å². The molecular weight excluding hydrogens is 388 g/mol. The molecule has 1 aromatic carbocycles. The van der Waals surface area contributed by atoms with Gasteiger partial charge in [-0.25, -0.2) is 4.98 Å². The fourth-order valence-corrected chi connectivity index (χ4v) is 4.61. The van der Waals surface area contributed by atoms with Crippen LogP contribution in [0.15, 0.2) is 48.1 Å². The van der Waals surface area contributed by atoms with Crippen molar-refractivity contribution in [1.29, 1.82) is 0 Å². The zero-order valence-electron chi connectivity index (χ0n) is 15.6. The molecular formula is C20H18N6O2S. The summed E-state index contributed by atoms with van der Waals surface area (Å²) < 4.78 is 3.41. The van der Waals surface area contributed by atoms with E-state index in [4.69, 9.17) is 0 Å². The van der Waals surface area contributed by atoms with E-state index < -0.39 is 0 Å². The molecule has 0 aliphatic carbocycles. The highest BCUT2D eigenvalue weighted by Crippen LogP contribution is 2.42. The van der Waals surface area contributed by atoms with E-state index in [0.717, 1.165) is 21.5 Å². The molecule has 5 rings (SSSR count). The van der Waals surface area contributed by atoms with Crippen molar-refractivity contribution in [2.24, 2.45) is 7.05 Å². The van der Waals surface area contributed by atoms with Crippen LogP contribution in [0.2, 0.25) is 0 Å². The SMILES string of the molecule is Cn1nc(NC(=O)Cn2cnc3ccccc32)c2c1NC(=O)CC2c1cccs1. The molecule has 4 heterocycles. The van der Waals surface area contributed by atoms with Gasteiger partial charge in [-0.3, -0.25) is 14.3 Å². The molecule has 0 bridgehead atoms. The zero-order chi connectivity index (χ0) is 20.0. The molecule has 8 nitrogen and oxygen atoms in total. The average Bonchev–Trinajstić information content (AvgIpc) is 3.43. The fraction of sp³-hybridized carbons (Fsp3) is 0.200. The van der Waals surface area contributed by atoms with Gasteiger partial charge >= 0.3 is 0 Å². The first kappa shape index (κ1) is 17.6. The number of nitrogens with zero attached hydrogens (tertiary/aromatic N) is 4. The van der Waals surface area contributed by atoms with E-state index in [1.54, 1.807) is 34.0 Å². The fourth-order valence-electron chi connectivity index (χ4n) is 3.78. The lowest BCUT2D eigenvalue weighted by Crippen LogP contribution is -2.25. The predicted octanol–water partition coefficient (Wildman–Crippen LogP) is 2.94. The molecule has 146 valence electrons. The Kier molecular flexibility index (Phi) is 4.17. The van der Waals surface area contributed by atoms with Crippen molar-refractivity contribution in [1.82, 2.24) is 19.3 Å². The Morgan fingerprint density at radius 1 is 1.31 bits per heavy atom. The number of anilines is 2. The number of hydrogen-bond acceptors (Lipinski definition) is 5. The van der Waals surface area contributed by atoms with Gasteiger partial charge in [0.15, 0.2) is 5.82 Å². The van der Waals surface area contributed by atoms with Gasteiger partial charge in [-0.05, 0) is 23.6 Å². The number of amides is 2. The monoisotopic (exact) mass is 406 g/mol. The predicted molar refractivity (Wildman–Crippen MR) is 111 cm³/mol. The molecule has 1 atom stereocenters. The standard InChI is InChI=1S/C20H18N6O2S/c1-25-20-18(12(9-16(27)23-20)15-7-4-8-29-15)19(24-25)22-17(28)10-26-11-21-13-5-2-3-6-14(13)26/h2-8,11-12H,9-10H2,1H3,(H,23,27)(H,22,24,28). The van der Waals surface area contributed by atoms with E-state index in [-0.39, 0.29) is 24.3 Å². The van der Waals surface area contributed by atoms with Crippen molar-refractivity contribution in [3.63, 3.8) is 0 Å². The highest BCUT2D eigenvalue weighted by Gasteiger charge is 2.34. The van der Waals surface area contributed by atoms with Crippen LogP contribution >= 0.6 is 11.3 Å². The van der Waals surface area contributed by atoms with Crippen LogP contribution in [0.25, 0.3) is 11.0 Å². The van der Waals surface area contributed by atoms with Crippen LogP contribution < -0.4 is 10.6 Å². The zero-order valence-corrected chi connectivity index (χ0v) is 16.4. The maximum absolute atomic E-state index is 12.8. The summed E-state index contributed by atoms with van der Waals surface area (Å²) in [5, 5.41) is 12.3. The van der Waals surface area contributed by atoms with Gasteiger partial charge in [-0.2, -0.15) is 5.10 Å². The molecule has 0 spiro atoms. The normalized spacial score (nSPS) is 15.9. The molecule has 1 aliphatic heterocycles. The molecule has 3 aromatic heterocycles. The van der Waals surface area contributed by atoms with Crippen molar-refractivity contribution >= 4 is 45.8 Å². The minimum atomic E-state index is -0.198. The van der Waals surface area contributed by atoms with Crippen LogP contribution in [0.3, 0.4) is 0 Å². The molecule has 0 saturated heterocycles. The Labute approximate surface area is 170 Å². The third-order valence-corrected chi connectivity index (χ3v) is 6.05. The van der Waals surface area contributed by atoms with Crippen LogP contribution in [-0.4, -0.2) is 31.1 Å². The minimum Gasteiger partial charge on any atom is -0.321 e. The van der Waals surface area contributed by atoms with Crippen molar-refractivity contribution in [3.05, 3.63) is 58.5 Å². The number of nitrogens with one attached hydrogen (secondary N) is 2. The van der Waals surface area contributed by atoms with Gasteiger partial charge in [0.2, 0.25) is 11.8 Å². The van der Waals surface area contributed by atoms with Gasteiger partial charge in [0.05, 0.1) is 17.4 Å². The number of benzene rings is 1. The van der Waals surface area contributed by atoms with E-state index in [0.29, 0.717) is 18.1 Å². The number of para-hydroxylation sites is 2. The number of thiophene rings is 1. The number of imidazole rings is 1. The second-order valence-corrected chi connectivity index (χ2v) is 7.94. The lowest BCUT2D eigenvalue weighted by molar-refractivity contribution is -0.117. The number of hydrogen-bond donors (Lipinski definition) is 2. The second-order valence-electron chi connectivity index (χ2n) is 6.96.